The first-order valence-corrected chi connectivity index (χ1v) is 9.42. The number of urea groups is 1. The summed E-state index contributed by atoms with van der Waals surface area (Å²) in [5.41, 5.74) is 0.688. The van der Waals surface area contributed by atoms with Crippen LogP contribution in [-0.2, 0) is 6.54 Å². The number of carbonyl (C=O) groups excluding carboxylic acids is 1. The van der Waals surface area contributed by atoms with Crippen molar-refractivity contribution in [3.63, 3.8) is 0 Å². The number of rotatable bonds is 3. The Kier molecular flexibility index (Phi) is 4.25. The Bertz CT molecular complexity index is 784. The molecule has 0 radical (unpaired) electrons. The fourth-order valence-electron chi connectivity index (χ4n) is 3.30. The number of hydrogen-bond donors (Lipinski definition) is 2. The fourth-order valence-corrected chi connectivity index (χ4v) is 4.03. The third-order valence-electron chi connectivity index (χ3n) is 4.50. The minimum atomic E-state index is -0.495. The Hall–Kier alpha value is -2.28. The van der Waals surface area contributed by atoms with Crippen LogP contribution in [0.3, 0.4) is 0 Å². The first-order valence-electron chi connectivity index (χ1n) is 8.60. The second-order valence-electron chi connectivity index (χ2n) is 6.49. The number of thiazole rings is 1. The van der Waals surface area contributed by atoms with E-state index in [0.29, 0.717) is 18.0 Å². The SMILES string of the molecule is Cc1ncc(CNC(=O)Nc2ccc3c(c2)OC2(CCCCC2)O3)s1. The lowest BCUT2D eigenvalue weighted by molar-refractivity contribution is -0.105. The molecule has 2 N–H and O–H groups in total. The molecule has 0 bridgehead atoms. The molecule has 0 saturated heterocycles. The highest BCUT2D eigenvalue weighted by molar-refractivity contribution is 7.11. The molecular formula is C18H21N3O3S. The van der Waals surface area contributed by atoms with Crippen molar-refractivity contribution in [2.24, 2.45) is 0 Å². The van der Waals surface area contributed by atoms with Gasteiger partial charge in [-0.1, -0.05) is 6.42 Å². The molecule has 25 heavy (non-hydrogen) atoms. The van der Waals surface area contributed by atoms with E-state index in [0.717, 1.165) is 41.3 Å². The van der Waals surface area contributed by atoms with Gasteiger partial charge in [-0.3, -0.25) is 0 Å². The predicted octanol–water partition coefficient (Wildman–Crippen LogP) is 4.20. The average Bonchev–Trinajstić information content (AvgIpc) is 3.16. The van der Waals surface area contributed by atoms with E-state index < -0.39 is 5.79 Å². The van der Waals surface area contributed by atoms with Crippen molar-refractivity contribution >= 4 is 23.1 Å². The van der Waals surface area contributed by atoms with Gasteiger partial charge in [0.15, 0.2) is 11.5 Å². The van der Waals surface area contributed by atoms with Gasteiger partial charge >= 0.3 is 6.03 Å². The molecule has 2 heterocycles. The van der Waals surface area contributed by atoms with Crippen molar-refractivity contribution in [1.29, 1.82) is 0 Å². The summed E-state index contributed by atoms with van der Waals surface area (Å²) < 4.78 is 12.1. The maximum absolute atomic E-state index is 12.1. The van der Waals surface area contributed by atoms with Crippen molar-refractivity contribution in [2.75, 3.05) is 5.32 Å². The third kappa shape index (κ3) is 3.56. The van der Waals surface area contributed by atoms with Gasteiger partial charge in [0.25, 0.3) is 5.79 Å². The maximum atomic E-state index is 12.1. The second-order valence-corrected chi connectivity index (χ2v) is 7.81. The van der Waals surface area contributed by atoms with Gasteiger partial charge in [0, 0.05) is 35.7 Å². The Morgan fingerprint density at radius 2 is 2.04 bits per heavy atom. The van der Waals surface area contributed by atoms with Gasteiger partial charge in [0.1, 0.15) is 0 Å². The number of ether oxygens (including phenoxy) is 2. The Morgan fingerprint density at radius 3 is 2.80 bits per heavy atom. The van der Waals surface area contributed by atoms with Crippen LogP contribution in [0, 0.1) is 6.92 Å². The first kappa shape index (κ1) is 16.2. The van der Waals surface area contributed by atoms with Gasteiger partial charge in [0.05, 0.1) is 11.6 Å². The number of aromatic nitrogens is 1. The summed E-state index contributed by atoms with van der Waals surface area (Å²) in [4.78, 5) is 17.3. The highest BCUT2D eigenvalue weighted by Crippen LogP contribution is 2.46. The van der Waals surface area contributed by atoms with Crippen LogP contribution in [-0.4, -0.2) is 16.8 Å². The van der Waals surface area contributed by atoms with E-state index in [-0.39, 0.29) is 6.03 Å². The summed E-state index contributed by atoms with van der Waals surface area (Å²) in [6.07, 6.45) is 7.09. The molecule has 1 aromatic carbocycles. The van der Waals surface area contributed by atoms with Crippen molar-refractivity contribution < 1.29 is 14.3 Å². The molecular weight excluding hydrogens is 338 g/mol. The standard InChI is InChI=1S/C18H21N3O3S/c1-12-19-10-14(25-12)11-20-17(22)21-13-5-6-15-16(9-13)24-18(23-15)7-3-2-4-8-18/h5-6,9-10H,2-4,7-8,11H2,1H3,(H2,20,21,22). The summed E-state index contributed by atoms with van der Waals surface area (Å²) in [5.74, 6) is 0.969. The molecule has 1 saturated carbocycles. The summed E-state index contributed by atoms with van der Waals surface area (Å²) in [6, 6.07) is 5.27. The number of nitrogens with one attached hydrogen (secondary N) is 2. The molecule has 2 aliphatic rings. The molecule has 2 amide bonds. The van der Waals surface area contributed by atoms with Gasteiger partial charge in [-0.15, -0.1) is 11.3 Å². The zero-order valence-corrected chi connectivity index (χ0v) is 14.9. The molecule has 1 fully saturated rings. The van der Waals surface area contributed by atoms with Crippen LogP contribution in [0.1, 0.15) is 42.0 Å². The van der Waals surface area contributed by atoms with Crippen LogP contribution >= 0.6 is 11.3 Å². The summed E-state index contributed by atoms with van der Waals surface area (Å²) in [5, 5.41) is 6.66. The van der Waals surface area contributed by atoms with Crippen molar-refractivity contribution in [3.05, 3.63) is 34.3 Å². The van der Waals surface area contributed by atoms with Gasteiger partial charge in [-0.05, 0) is 31.9 Å². The minimum Gasteiger partial charge on any atom is -0.448 e. The highest BCUT2D eigenvalue weighted by atomic mass is 32.1. The molecule has 1 aliphatic carbocycles. The van der Waals surface area contributed by atoms with E-state index in [1.807, 2.05) is 25.1 Å². The van der Waals surface area contributed by atoms with E-state index >= 15 is 0 Å². The zero-order chi connectivity index (χ0) is 17.3. The minimum absolute atomic E-state index is 0.253. The summed E-state index contributed by atoms with van der Waals surface area (Å²) >= 11 is 1.57. The average molecular weight is 359 g/mol. The van der Waals surface area contributed by atoms with Crippen LogP contribution in [0.5, 0.6) is 11.5 Å². The smallest absolute Gasteiger partial charge is 0.319 e. The molecule has 1 aliphatic heterocycles. The molecule has 2 aromatic rings. The lowest BCUT2D eigenvalue weighted by Gasteiger charge is -2.31. The molecule has 6 nitrogen and oxygen atoms in total. The van der Waals surface area contributed by atoms with Gasteiger partial charge in [-0.2, -0.15) is 0 Å². The number of amides is 2. The predicted molar refractivity (Wildman–Crippen MR) is 96.2 cm³/mol. The molecule has 7 heteroatoms. The normalized spacial score (nSPS) is 17.5. The Morgan fingerprint density at radius 1 is 1.24 bits per heavy atom. The number of carbonyl (C=O) groups is 1. The molecule has 0 unspecified atom stereocenters. The monoisotopic (exact) mass is 359 g/mol. The molecule has 1 spiro atoms. The van der Waals surface area contributed by atoms with Crippen molar-refractivity contribution in [1.82, 2.24) is 10.3 Å². The topological polar surface area (TPSA) is 72.5 Å². The van der Waals surface area contributed by atoms with E-state index in [1.165, 1.54) is 6.42 Å². The maximum Gasteiger partial charge on any atom is 0.319 e. The van der Waals surface area contributed by atoms with E-state index in [9.17, 15) is 4.79 Å². The lowest BCUT2D eigenvalue weighted by atomic mass is 9.94. The number of nitrogens with zero attached hydrogens (tertiary/aromatic N) is 1. The van der Waals surface area contributed by atoms with Crippen molar-refractivity contribution in [3.8, 4) is 11.5 Å². The lowest BCUT2D eigenvalue weighted by Crippen LogP contribution is -2.40. The largest absolute Gasteiger partial charge is 0.448 e. The van der Waals surface area contributed by atoms with E-state index in [2.05, 4.69) is 15.6 Å². The number of fused-ring (bicyclic) bond motifs is 1. The van der Waals surface area contributed by atoms with Crippen LogP contribution in [0.25, 0.3) is 0 Å². The van der Waals surface area contributed by atoms with Gasteiger partial charge in [0.2, 0.25) is 0 Å². The second kappa shape index (κ2) is 6.55. The fraction of sp³-hybridized carbons (Fsp3) is 0.444. The van der Waals surface area contributed by atoms with Crippen molar-refractivity contribution in [2.45, 2.75) is 51.4 Å². The third-order valence-corrected chi connectivity index (χ3v) is 5.41. The number of aryl methyl sites for hydroxylation is 1. The number of benzene rings is 1. The van der Waals surface area contributed by atoms with Gasteiger partial charge in [-0.25, -0.2) is 9.78 Å². The van der Waals surface area contributed by atoms with Crippen LogP contribution in [0.2, 0.25) is 0 Å². The molecule has 1 aromatic heterocycles. The summed E-state index contributed by atoms with van der Waals surface area (Å²) in [6.45, 7) is 2.41. The van der Waals surface area contributed by atoms with Crippen LogP contribution in [0.4, 0.5) is 10.5 Å². The number of anilines is 1. The molecule has 0 atom stereocenters. The quantitative estimate of drug-likeness (QED) is 0.861. The highest BCUT2D eigenvalue weighted by Gasteiger charge is 2.42. The van der Waals surface area contributed by atoms with Crippen LogP contribution < -0.4 is 20.1 Å². The van der Waals surface area contributed by atoms with E-state index in [1.54, 1.807) is 17.5 Å². The van der Waals surface area contributed by atoms with Crippen LogP contribution in [0.15, 0.2) is 24.4 Å². The molecule has 4 rings (SSSR count). The Balaban J connectivity index is 1.36. The van der Waals surface area contributed by atoms with Gasteiger partial charge < -0.3 is 20.1 Å². The Labute approximate surface area is 150 Å². The zero-order valence-electron chi connectivity index (χ0n) is 14.1. The summed E-state index contributed by atoms with van der Waals surface area (Å²) in [7, 11) is 0. The molecule has 132 valence electrons. The number of hydrogen-bond acceptors (Lipinski definition) is 5. The first-order chi connectivity index (χ1) is 12.1. The van der Waals surface area contributed by atoms with E-state index in [4.69, 9.17) is 9.47 Å².